The van der Waals surface area contributed by atoms with Crippen LogP contribution in [0.2, 0.25) is 0 Å². The summed E-state index contributed by atoms with van der Waals surface area (Å²) in [6.45, 7) is 4.43. The van der Waals surface area contributed by atoms with E-state index >= 15 is 0 Å². The Balaban J connectivity index is 1.96. The molecule has 1 fully saturated rings. The van der Waals surface area contributed by atoms with Gasteiger partial charge in [-0.15, -0.1) is 0 Å². The zero-order chi connectivity index (χ0) is 13.8. The number of nitrogens with one attached hydrogen (secondary N) is 1. The van der Waals surface area contributed by atoms with Gasteiger partial charge in [-0.1, -0.05) is 22.4 Å². The minimum atomic E-state index is -0.0317. The van der Waals surface area contributed by atoms with E-state index in [1.165, 1.54) is 19.3 Å². The fourth-order valence-electron chi connectivity index (χ4n) is 2.68. The third-order valence-corrected chi connectivity index (χ3v) is 4.72. The van der Waals surface area contributed by atoms with Gasteiger partial charge >= 0.3 is 0 Å². The number of halogens is 1. The van der Waals surface area contributed by atoms with E-state index in [-0.39, 0.29) is 5.91 Å². The number of carbonyl (C=O) groups excluding carboxylic acids is 1. The van der Waals surface area contributed by atoms with Crippen molar-refractivity contribution in [2.75, 3.05) is 11.9 Å². The van der Waals surface area contributed by atoms with Crippen LogP contribution in [-0.2, 0) is 0 Å². The Morgan fingerprint density at radius 3 is 2.84 bits per heavy atom. The first-order valence-electron chi connectivity index (χ1n) is 6.77. The molecule has 1 aromatic heterocycles. The zero-order valence-corrected chi connectivity index (χ0v) is 13.0. The number of alkyl halides is 1. The first kappa shape index (κ1) is 14.4. The lowest BCUT2D eigenvalue weighted by molar-refractivity contribution is 0.0943. The number of carbonyl (C=O) groups is 1. The molecule has 0 bridgehead atoms. The summed E-state index contributed by atoms with van der Waals surface area (Å²) in [7, 11) is 0. The highest BCUT2D eigenvalue weighted by Gasteiger charge is 2.26. The van der Waals surface area contributed by atoms with Gasteiger partial charge < -0.3 is 5.32 Å². The smallest absolute Gasteiger partial charge is 0.253 e. The van der Waals surface area contributed by atoms with Crippen molar-refractivity contribution in [3.05, 3.63) is 23.0 Å². The van der Waals surface area contributed by atoms with Crippen LogP contribution in [0.25, 0.3) is 0 Å². The van der Waals surface area contributed by atoms with E-state index in [2.05, 4.69) is 31.4 Å². The van der Waals surface area contributed by atoms with Crippen molar-refractivity contribution in [1.29, 1.82) is 0 Å². The maximum atomic E-state index is 12.2. The summed E-state index contributed by atoms with van der Waals surface area (Å²) in [5.41, 5.74) is 2.10. The summed E-state index contributed by atoms with van der Waals surface area (Å²) in [5.74, 6) is 1.26. The van der Waals surface area contributed by atoms with Crippen molar-refractivity contribution in [2.45, 2.75) is 33.1 Å². The Hall–Kier alpha value is -0.970. The summed E-state index contributed by atoms with van der Waals surface area (Å²) in [5, 5.41) is 12.0. The largest absolute Gasteiger partial charge is 0.352 e. The number of nitrogens with zero attached hydrogens (tertiary/aromatic N) is 2. The number of aryl methyl sites for hydroxylation is 2. The van der Waals surface area contributed by atoms with Crippen LogP contribution in [-0.4, -0.2) is 28.0 Å². The summed E-state index contributed by atoms with van der Waals surface area (Å²) >= 11 is 3.56. The summed E-state index contributed by atoms with van der Waals surface area (Å²) in [6, 6.07) is 1.80. The number of amides is 1. The van der Waals surface area contributed by atoms with Crippen molar-refractivity contribution in [3.63, 3.8) is 0 Å². The van der Waals surface area contributed by atoms with Crippen LogP contribution < -0.4 is 5.32 Å². The van der Waals surface area contributed by atoms with Crippen molar-refractivity contribution < 1.29 is 4.79 Å². The van der Waals surface area contributed by atoms with Crippen LogP contribution in [0.5, 0.6) is 0 Å². The molecule has 0 aromatic carbocycles. The molecule has 0 saturated heterocycles. The highest BCUT2D eigenvalue weighted by atomic mass is 79.9. The predicted octanol–water partition coefficient (Wildman–Crippen LogP) is 2.63. The number of hydrogen-bond acceptors (Lipinski definition) is 3. The molecule has 1 amide bonds. The molecule has 1 saturated carbocycles. The first-order chi connectivity index (χ1) is 9.11. The molecule has 1 aromatic rings. The van der Waals surface area contributed by atoms with Gasteiger partial charge in [-0.3, -0.25) is 4.79 Å². The van der Waals surface area contributed by atoms with Crippen LogP contribution in [0, 0.1) is 25.7 Å². The average Bonchev–Trinajstić information content (AvgIpc) is 2.86. The molecule has 1 aliphatic rings. The molecule has 2 unspecified atom stereocenters. The normalized spacial score (nSPS) is 22.5. The topological polar surface area (TPSA) is 54.9 Å². The zero-order valence-electron chi connectivity index (χ0n) is 11.4. The highest BCUT2D eigenvalue weighted by Crippen LogP contribution is 2.32. The van der Waals surface area contributed by atoms with Crippen LogP contribution in [0.1, 0.15) is 41.0 Å². The molecular formula is C14H20BrN3O. The molecule has 1 aliphatic carbocycles. The SMILES string of the molecule is Cc1cc(C(=O)NCC2CCCC2CBr)c(C)nn1. The second-order valence-corrected chi connectivity index (χ2v) is 5.95. The lowest BCUT2D eigenvalue weighted by atomic mass is 9.98. The highest BCUT2D eigenvalue weighted by molar-refractivity contribution is 9.09. The van der Waals surface area contributed by atoms with Gasteiger partial charge in [-0.25, -0.2) is 0 Å². The third kappa shape index (κ3) is 3.53. The monoisotopic (exact) mass is 325 g/mol. The van der Waals surface area contributed by atoms with Gasteiger partial charge in [0, 0.05) is 11.9 Å². The van der Waals surface area contributed by atoms with Gasteiger partial charge in [0.25, 0.3) is 5.91 Å². The van der Waals surface area contributed by atoms with Crippen LogP contribution >= 0.6 is 15.9 Å². The number of aromatic nitrogens is 2. The van der Waals surface area contributed by atoms with Crippen LogP contribution in [0.4, 0.5) is 0 Å². The average molecular weight is 326 g/mol. The fourth-order valence-corrected chi connectivity index (χ4v) is 3.54. The molecule has 104 valence electrons. The molecule has 1 N–H and O–H groups in total. The fraction of sp³-hybridized carbons (Fsp3) is 0.643. The summed E-state index contributed by atoms with van der Waals surface area (Å²) in [4.78, 5) is 12.2. The molecule has 0 radical (unpaired) electrons. The van der Waals surface area contributed by atoms with Gasteiger partial charge in [0.2, 0.25) is 0 Å². The molecule has 5 heteroatoms. The van der Waals surface area contributed by atoms with Crippen molar-refractivity contribution in [1.82, 2.24) is 15.5 Å². The molecular weight excluding hydrogens is 306 g/mol. The molecule has 1 heterocycles. The van der Waals surface area contributed by atoms with Crippen molar-refractivity contribution in [3.8, 4) is 0 Å². The van der Waals surface area contributed by atoms with Gasteiger partial charge in [-0.05, 0) is 44.6 Å². The minimum absolute atomic E-state index is 0.0317. The molecule has 2 rings (SSSR count). The summed E-state index contributed by atoms with van der Waals surface area (Å²) < 4.78 is 0. The molecule has 0 aliphatic heterocycles. The predicted molar refractivity (Wildman–Crippen MR) is 78.5 cm³/mol. The minimum Gasteiger partial charge on any atom is -0.352 e. The molecule has 19 heavy (non-hydrogen) atoms. The second kappa shape index (κ2) is 6.46. The lowest BCUT2D eigenvalue weighted by Crippen LogP contribution is -2.31. The maximum Gasteiger partial charge on any atom is 0.253 e. The Bertz CT molecular complexity index is 464. The Kier molecular flexibility index (Phi) is 4.91. The van der Waals surface area contributed by atoms with Crippen LogP contribution in [0.15, 0.2) is 6.07 Å². The number of hydrogen-bond donors (Lipinski definition) is 1. The Morgan fingerprint density at radius 1 is 1.37 bits per heavy atom. The van der Waals surface area contributed by atoms with Crippen molar-refractivity contribution in [2.24, 2.45) is 11.8 Å². The quantitative estimate of drug-likeness (QED) is 0.866. The van der Waals surface area contributed by atoms with Gasteiger partial charge in [-0.2, -0.15) is 10.2 Å². The van der Waals surface area contributed by atoms with E-state index in [1.807, 2.05) is 13.8 Å². The maximum absolute atomic E-state index is 12.2. The first-order valence-corrected chi connectivity index (χ1v) is 7.89. The van der Waals surface area contributed by atoms with Gasteiger partial charge in [0.05, 0.1) is 17.0 Å². The second-order valence-electron chi connectivity index (χ2n) is 5.30. The van der Waals surface area contributed by atoms with E-state index in [0.717, 1.165) is 17.6 Å². The van der Waals surface area contributed by atoms with Gasteiger partial charge in [0.15, 0.2) is 0 Å². The van der Waals surface area contributed by atoms with E-state index in [0.29, 0.717) is 23.1 Å². The standard InChI is InChI=1S/C14H20BrN3O/c1-9-6-13(10(2)18-17-9)14(19)16-8-12-5-3-4-11(12)7-15/h6,11-12H,3-5,7-8H2,1-2H3,(H,16,19). The molecule has 4 nitrogen and oxygen atoms in total. The Labute approximate surface area is 122 Å². The van der Waals surface area contributed by atoms with E-state index in [1.54, 1.807) is 6.07 Å². The third-order valence-electron chi connectivity index (χ3n) is 3.88. The number of rotatable bonds is 4. The van der Waals surface area contributed by atoms with Gasteiger partial charge in [0.1, 0.15) is 0 Å². The lowest BCUT2D eigenvalue weighted by Gasteiger charge is -2.18. The van der Waals surface area contributed by atoms with Crippen molar-refractivity contribution >= 4 is 21.8 Å². The summed E-state index contributed by atoms with van der Waals surface area (Å²) in [6.07, 6.45) is 3.75. The van der Waals surface area contributed by atoms with E-state index < -0.39 is 0 Å². The molecule has 2 atom stereocenters. The Morgan fingerprint density at radius 2 is 2.11 bits per heavy atom. The van der Waals surface area contributed by atoms with Crippen LogP contribution in [0.3, 0.4) is 0 Å². The van der Waals surface area contributed by atoms with E-state index in [4.69, 9.17) is 0 Å². The molecule has 0 spiro atoms. The van der Waals surface area contributed by atoms with E-state index in [9.17, 15) is 4.79 Å².